The number of aryl methyl sites for hydroxylation is 3. The zero-order valence-corrected chi connectivity index (χ0v) is 13.5. The van der Waals surface area contributed by atoms with Gasteiger partial charge in [0.25, 0.3) is 0 Å². The quantitative estimate of drug-likeness (QED) is 0.753. The van der Waals surface area contributed by atoms with Gasteiger partial charge in [0.05, 0.1) is 6.20 Å². The second kappa shape index (κ2) is 6.44. The van der Waals surface area contributed by atoms with E-state index in [1.807, 2.05) is 31.2 Å². The fraction of sp³-hybridized carbons (Fsp3) is 0.167. The Labute approximate surface area is 135 Å². The number of benzene rings is 2. The van der Waals surface area contributed by atoms with Crippen molar-refractivity contribution < 1.29 is 0 Å². The van der Waals surface area contributed by atoms with Gasteiger partial charge < -0.3 is 10.6 Å². The van der Waals surface area contributed by atoms with E-state index >= 15 is 0 Å². The monoisotopic (exact) mass is 305 g/mol. The standard InChI is InChI=1S/C18H19N5/c1-12-8-13(2)10-15(9-12)20-18-22-17(11-19-23-18)21-16-7-5-4-6-14(16)3/h4-11H,1-3H3,(H2,20,21,22,23). The molecule has 1 aromatic heterocycles. The van der Waals surface area contributed by atoms with Crippen molar-refractivity contribution in [3.05, 3.63) is 65.4 Å². The highest BCUT2D eigenvalue weighted by molar-refractivity contribution is 5.61. The lowest BCUT2D eigenvalue weighted by Gasteiger charge is -2.10. The summed E-state index contributed by atoms with van der Waals surface area (Å²) in [5.74, 6) is 1.12. The molecule has 0 aliphatic rings. The van der Waals surface area contributed by atoms with Crippen LogP contribution in [0.5, 0.6) is 0 Å². The second-order valence-electron chi connectivity index (χ2n) is 5.61. The molecule has 116 valence electrons. The summed E-state index contributed by atoms with van der Waals surface area (Å²) >= 11 is 0. The van der Waals surface area contributed by atoms with Crippen molar-refractivity contribution in [2.75, 3.05) is 10.6 Å². The Morgan fingerprint density at radius 2 is 1.61 bits per heavy atom. The predicted octanol–water partition coefficient (Wildman–Crippen LogP) is 4.28. The zero-order valence-electron chi connectivity index (χ0n) is 13.5. The number of anilines is 4. The molecule has 0 fully saturated rings. The van der Waals surface area contributed by atoms with Gasteiger partial charge in [-0.2, -0.15) is 10.1 Å². The smallest absolute Gasteiger partial charge is 0.249 e. The Balaban J connectivity index is 1.81. The molecule has 0 atom stereocenters. The fourth-order valence-corrected chi connectivity index (χ4v) is 2.44. The van der Waals surface area contributed by atoms with E-state index in [0.717, 1.165) is 16.9 Å². The highest BCUT2D eigenvalue weighted by Gasteiger charge is 2.04. The summed E-state index contributed by atoms with van der Waals surface area (Å²) in [6.07, 6.45) is 1.61. The number of hydrogen-bond acceptors (Lipinski definition) is 5. The van der Waals surface area contributed by atoms with Crippen molar-refractivity contribution >= 4 is 23.1 Å². The first-order valence-corrected chi connectivity index (χ1v) is 7.48. The van der Waals surface area contributed by atoms with E-state index in [4.69, 9.17) is 0 Å². The van der Waals surface area contributed by atoms with Crippen molar-refractivity contribution in [2.24, 2.45) is 0 Å². The van der Waals surface area contributed by atoms with Gasteiger partial charge in [0, 0.05) is 11.4 Å². The van der Waals surface area contributed by atoms with Crippen molar-refractivity contribution in [3.8, 4) is 0 Å². The van der Waals surface area contributed by atoms with E-state index < -0.39 is 0 Å². The van der Waals surface area contributed by atoms with Crippen LogP contribution in [0.3, 0.4) is 0 Å². The third-order valence-corrected chi connectivity index (χ3v) is 3.44. The van der Waals surface area contributed by atoms with Gasteiger partial charge in [-0.15, -0.1) is 5.10 Å². The first kappa shape index (κ1) is 15.0. The Morgan fingerprint density at radius 1 is 0.870 bits per heavy atom. The Kier molecular flexibility index (Phi) is 4.19. The van der Waals surface area contributed by atoms with Gasteiger partial charge in [-0.05, 0) is 55.7 Å². The van der Waals surface area contributed by atoms with Gasteiger partial charge in [-0.3, -0.25) is 0 Å². The highest BCUT2D eigenvalue weighted by Crippen LogP contribution is 2.20. The SMILES string of the molecule is Cc1cc(C)cc(Nc2nncc(Nc3ccccc3C)n2)c1. The van der Waals surface area contributed by atoms with Crippen LogP contribution in [-0.2, 0) is 0 Å². The van der Waals surface area contributed by atoms with Gasteiger partial charge in [0.1, 0.15) is 0 Å². The summed E-state index contributed by atoms with van der Waals surface area (Å²) in [6, 6.07) is 14.3. The second-order valence-corrected chi connectivity index (χ2v) is 5.61. The van der Waals surface area contributed by atoms with Crippen molar-refractivity contribution in [2.45, 2.75) is 20.8 Å². The average Bonchev–Trinajstić information content (AvgIpc) is 2.49. The van der Waals surface area contributed by atoms with Crippen LogP contribution in [0.2, 0.25) is 0 Å². The molecule has 0 aliphatic carbocycles. The number of para-hydroxylation sites is 1. The summed E-state index contributed by atoms with van der Waals surface area (Å²) in [4.78, 5) is 4.47. The molecular weight excluding hydrogens is 286 g/mol. The number of aromatic nitrogens is 3. The van der Waals surface area contributed by atoms with Crippen molar-refractivity contribution in [1.29, 1.82) is 0 Å². The average molecular weight is 305 g/mol. The molecule has 3 aromatic rings. The van der Waals surface area contributed by atoms with E-state index in [-0.39, 0.29) is 0 Å². The lowest BCUT2D eigenvalue weighted by atomic mass is 10.1. The molecule has 0 unspecified atom stereocenters. The largest absolute Gasteiger partial charge is 0.339 e. The van der Waals surface area contributed by atoms with Crippen LogP contribution >= 0.6 is 0 Å². The Bertz CT molecular complexity index is 809. The molecule has 5 nitrogen and oxygen atoms in total. The van der Waals surface area contributed by atoms with Crippen LogP contribution in [0, 0.1) is 20.8 Å². The number of hydrogen-bond donors (Lipinski definition) is 2. The zero-order chi connectivity index (χ0) is 16.2. The van der Waals surface area contributed by atoms with Gasteiger partial charge >= 0.3 is 0 Å². The summed E-state index contributed by atoms with van der Waals surface area (Å²) in [7, 11) is 0. The molecule has 3 rings (SSSR count). The topological polar surface area (TPSA) is 62.7 Å². The van der Waals surface area contributed by atoms with Crippen LogP contribution in [0.4, 0.5) is 23.1 Å². The minimum absolute atomic E-state index is 0.466. The molecule has 1 heterocycles. The van der Waals surface area contributed by atoms with E-state index in [0.29, 0.717) is 11.8 Å². The molecule has 0 spiro atoms. The first-order chi connectivity index (χ1) is 11.1. The molecule has 0 amide bonds. The van der Waals surface area contributed by atoms with E-state index in [9.17, 15) is 0 Å². The molecule has 0 radical (unpaired) electrons. The van der Waals surface area contributed by atoms with Gasteiger partial charge in [-0.1, -0.05) is 24.3 Å². The van der Waals surface area contributed by atoms with Gasteiger partial charge in [0.2, 0.25) is 5.95 Å². The first-order valence-electron chi connectivity index (χ1n) is 7.48. The summed E-state index contributed by atoms with van der Waals surface area (Å²) in [5.41, 5.74) is 5.49. The number of nitrogens with one attached hydrogen (secondary N) is 2. The molecule has 0 aliphatic heterocycles. The van der Waals surface area contributed by atoms with E-state index in [1.54, 1.807) is 6.20 Å². The molecule has 0 saturated heterocycles. The summed E-state index contributed by atoms with van der Waals surface area (Å²) < 4.78 is 0. The number of rotatable bonds is 4. The van der Waals surface area contributed by atoms with Crippen LogP contribution in [0.15, 0.2) is 48.7 Å². The minimum Gasteiger partial charge on any atom is -0.339 e. The van der Waals surface area contributed by atoms with Crippen LogP contribution in [-0.4, -0.2) is 15.2 Å². The van der Waals surface area contributed by atoms with Crippen molar-refractivity contribution in [3.63, 3.8) is 0 Å². The molecule has 2 aromatic carbocycles. The summed E-state index contributed by atoms with van der Waals surface area (Å²) in [6.45, 7) is 6.17. The Morgan fingerprint density at radius 3 is 2.35 bits per heavy atom. The van der Waals surface area contributed by atoms with Crippen molar-refractivity contribution in [1.82, 2.24) is 15.2 Å². The normalized spacial score (nSPS) is 10.4. The summed E-state index contributed by atoms with van der Waals surface area (Å²) in [5, 5.41) is 14.5. The minimum atomic E-state index is 0.466. The molecule has 2 N–H and O–H groups in total. The highest BCUT2D eigenvalue weighted by atomic mass is 15.3. The molecule has 0 saturated carbocycles. The van der Waals surface area contributed by atoms with Gasteiger partial charge in [0.15, 0.2) is 5.82 Å². The predicted molar refractivity (Wildman–Crippen MR) is 93.5 cm³/mol. The third-order valence-electron chi connectivity index (χ3n) is 3.44. The van der Waals surface area contributed by atoms with Crippen LogP contribution < -0.4 is 10.6 Å². The maximum atomic E-state index is 4.47. The maximum absolute atomic E-state index is 4.47. The van der Waals surface area contributed by atoms with Crippen LogP contribution in [0.25, 0.3) is 0 Å². The Hall–Kier alpha value is -2.95. The lowest BCUT2D eigenvalue weighted by molar-refractivity contribution is 0.982. The lowest BCUT2D eigenvalue weighted by Crippen LogP contribution is -2.03. The maximum Gasteiger partial charge on any atom is 0.249 e. The van der Waals surface area contributed by atoms with Gasteiger partial charge in [-0.25, -0.2) is 0 Å². The fourth-order valence-electron chi connectivity index (χ4n) is 2.44. The molecule has 0 bridgehead atoms. The van der Waals surface area contributed by atoms with E-state index in [1.165, 1.54) is 11.1 Å². The molecule has 5 heteroatoms. The van der Waals surface area contributed by atoms with Crippen LogP contribution in [0.1, 0.15) is 16.7 Å². The number of nitrogens with zero attached hydrogens (tertiary/aromatic N) is 3. The van der Waals surface area contributed by atoms with E-state index in [2.05, 4.69) is 57.9 Å². The third kappa shape index (κ3) is 3.83. The molecule has 23 heavy (non-hydrogen) atoms. The molecular formula is C18H19N5.